The van der Waals surface area contributed by atoms with E-state index < -0.39 is 96.2 Å². The Balaban J connectivity index is 1.79. The third-order valence-electron chi connectivity index (χ3n) is 7.17. The number of amides is 3. The lowest BCUT2D eigenvalue weighted by Crippen LogP contribution is -2.44. The van der Waals surface area contributed by atoms with E-state index in [0.717, 1.165) is 12.8 Å². The summed E-state index contributed by atoms with van der Waals surface area (Å²) < 4.78 is 105. The fourth-order valence-corrected chi connectivity index (χ4v) is 12.6. The molecule has 0 bridgehead atoms. The van der Waals surface area contributed by atoms with Crippen LogP contribution in [-0.2, 0) is 77.1 Å². The number of imide groups is 1. The monoisotopic (exact) mass is 933 g/mol. The van der Waals surface area contributed by atoms with Crippen molar-refractivity contribution in [2.24, 2.45) is 11.7 Å². The number of aliphatic hydroxyl groups is 1. The van der Waals surface area contributed by atoms with Crippen molar-refractivity contribution in [1.29, 1.82) is 0 Å². The standard InChI is InChI=1S/C23H45N3O24P6/c1-16-13-17(23(30)26-22(16)29)19-14-18(27)20(45-19)15-44-52(33,34)47-54(37,38)49-56(41,42)50-55(39,40)48-53(35,36)46-51(31,32)43-12-8-3-2-7-11-25-21(28)9-5-4-6-10-24/h13,17-20,27H,2-12,14-15,24H2,1H3,(H,25,28)(H,31,32)(H,33,34)(H,35,36)(H,37,38)(H,39,40)(H,41,42)(H,26,29,30)/t17?,18?,19-,20-/m1/s1. The van der Waals surface area contributed by atoms with Crippen molar-refractivity contribution in [3.8, 4) is 0 Å². The molecule has 2 heterocycles. The molecule has 0 aromatic heterocycles. The van der Waals surface area contributed by atoms with Crippen LogP contribution in [0.15, 0.2) is 11.6 Å². The zero-order valence-corrected chi connectivity index (χ0v) is 34.8. The smallest absolute Gasteiger partial charge is 0.390 e. The maximum atomic E-state index is 12.3. The molecule has 0 aliphatic carbocycles. The molecule has 27 nitrogen and oxygen atoms in total. The highest BCUT2D eigenvalue weighted by Gasteiger charge is 2.50. The van der Waals surface area contributed by atoms with E-state index in [0.29, 0.717) is 45.2 Å². The summed E-state index contributed by atoms with van der Waals surface area (Å²) >= 11 is 0. The summed E-state index contributed by atoms with van der Waals surface area (Å²) in [6, 6.07) is 0. The molecule has 1 saturated heterocycles. The number of nitrogens with two attached hydrogens (primary N) is 1. The van der Waals surface area contributed by atoms with Crippen molar-refractivity contribution in [1.82, 2.24) is 10.6 Å². The van der Waals surface area contributed by atoms with Crippen LogP contribution in [0, 0.1) is 5.92 Å². The number of aliphatic hydroxyl groups excluding tert-OH is 1. The molecule has 10 atom stereocenters. The highest BCUT2D eigenvalue weighted by Crippen LogP contribution is 2.75. The Kier molecular flexibility index (Phi) is 20.2. The number of hydrogen-bond acceptors (Lipinski definition) is 19. The van der Waals surface area contributed by atoms with Gasteiger partial charge in [-0.3, -0.25) is 28.7 Å². The van der Waals surface area contributed by atoms with Crippen molar-refractivity contribution >= 4 is 64.7 Å². The topological polar surface area (TPSA) is 419 Å². The maximum Gasteiger partial charge on any atom is 0.490 e. The molecule has 56 heavy (non-hydrogen) atoms. The van der Waals surface area contributed by atoms with Crippen LogP contribution in [0.3, 0.4) is 0 Å². The van der Waals surface area contributed by atoms with Crippen LogP contribution in [0.1, 0.15) is 64.7 Å². The van der Waals surface area contributed by atoms with Crippen LogP contribution in [0.2, 0.25) is 0 Å². The quantitative estimate of drug-likeness (QED) is 0.0318. The average molecular weight is 933 g/mol. The number of unbranched alkanes of at least 4 members (excludes halogenated alkanes) is 5. The zero-order valence-electron chi connectivity index (χ0n) is 29.4. The fourth-order valence-electron chi connectivity index (χ4n) is 4.74. The first-order chi connectivity index (χ1) is 25.7. The number of phosphoric ester groups is 2. The Morgan fingerprint density at radius 2 is 1.29 bits per heavy atom. The maximum absolute atomic E-state index is 12.3. The van der Waals surface area contributed by atoms with E-state index >= 15 is 0 Å². The number of carbonyl (C=O) groups is 3. The Hall–Kier alpha value is -0.910. The molecule has 326 valence electrons. The number of hydrogen-bond donors (Lipinski definition) is 10. The van der Waals surface area contributed by atoms with Crippen molar-refractivity contribution in [2.45, 2.75) is 83.0 Å². The van der Waals surface area contributed by atoms with Gasteiger partial charge in [0, 0.05) is 25.0 Å². The van der Waals surface area contributed by atoms with Crippen molar-refractivity contribution in [3.05, 3.63) is 11.6 Å². The molecule has 0 aromatic rings. The zero-order chi connectivity index (χ0) is 42.6. The minimum absolute atomic E-state index is 0.0954. The molecule has 2 aliphatic rings. The molecule has 0 radical (unpaired) electrons. The third kappa shape index (κ3) is 19.9. The molecule has 0 saturated carbocycles. The van der Waals surface area contributed by atoms with Crippen molar-refractivity contribution in [2.75, 3.05) is 26.3 Å². The van der Waals surface area contributed by atoms with Gasteiger partial charge in [0.25, 0.3) is 5.91 Å². The SMILES string of the molecule is CC1=CC([C@H]2CC(O)[C@@H](COP(=O)(O)OP(=O)(O)OP(=O)(O)OP(=O)(O)OP(=O)(O)OP(=O)(O)OCCCCCCNC(=O)CCCCCN)O2)C(=O)NC1=O. The van der Waals surface area contributed by atoms with Gasteiger partial charge in [-0.25, -0.2) is 27.4 Å². The lowest BCUT2D eigenvalue weighted by Gasteiger charge is -2.24. The third-order valence-corrected chi connectivity index (χ3v) is 16.4. The first-order valence-corrected chi connectivity index (χ1v) is 25.3. The van der Waals surface area contributed by atoms with Gasteiger partial charge in [-0.2, -0.15) is 21.6 Å². The van der Waals surface area contributed by atoms with E-state index in [4.69, 9.17) is 10.5 Å². The van der Waals surface area contributed by atoms with E-state index in [-0.39, 0.29) is 24.3 Å². The summed E-state index contributed by atoms with van der Waals surface area (Å²) in [7, 11) is -36.8. The summed E-state index contributed by atoms with van der Waals surface area (Å²) in [6.07, 6.45) is 1.32. The second-order valence-electron chi connectivity index (χ2n) is 11.9. The molecule has 11 N–H and O–H groups in total. The van der Waals surface area contributed by atoms with Crippen LogP contribution in [0.4, 0.5) is 0 Å². The second kappa shape index (κ2) is 22.1. The van der Waals surface area contributed by atoms with E-state index in [1.54, 1.807) is 0 Å². The van der Waals surface area contributed by atoms with Gasteiger partial charge < -0.3 is 50.3 Å². The van der Waals surface area contributed by atoms with Crippen molar-refractivity contribution in [3.63, 3.8) is 0 Å². The van der Waals surface area contributed by atoms with E-state index in [1.807, 2.05) is 0 Å². The molecule has 0 aromatic carbocycles. The van der Waals surface area contributed by atoms with Gasteiger partial charge in [0.15, 0.2) is 0 Å². The first-order valence-electron chi connectivity index (χ1n) is 16.3. The molecule has 1 fully saturated rings. The van der Waals surface area contributed by atoms with E-state index in [1.165, 1.54) is 13.0 Å². The summed E-state index contributed by atoms with van der Waals surface area (Å²) in [5.74, 6) is -2.61. The van der Waals surface area contributed by atoms with Crippen LogP contribution in [-0.4, -0.2) is 96.8 Å². The second-order valence-corrected chi connectivity index (χ2v) is 21.3. The predicted molar refractivity (Wildman–Crippen MR) is 185 cm³/mol. The molecule has 33 heteroatoms. The van der Waals surface area contributed by atoms with E-state index in [2.05, 4.69) is 41.2 Å². The number of phosphoric acid groups is 6. The summed E-state index contributed by atoms with van der Waals surface area (Å²) in [5, 5.41) is 15.0. The van der Waals surface area contributed by atoms with Gasteiger partial charge in [-0.15, -0.1) is 0 Å². The summed E-state index contributed by atoms with van der Waals surface area (Å²) in [5.41, 5.74) is 5.55. The Morgan fingerprint density at radius 3 is 1.84 bits per heavy atom. The Labute approximate surface area is 319 Å². The van der Waals surface area contributed by atoms with Gasteiger partial charge in [0.2, 0.25) is 11.8 Å². The highest BCUT2D eigenvalue weighted by atomic mass is 31.3. The normalized spacial score (nSPS) is 26.7. The summed E-state index contributed by atoms with van der Waals surface area (Å²) in [4.78, 5) is 93.6. The van der Waals surface area contributed by atoms with Crippen LogP contribution in [0.25, 0.3) is 0 Å². The molecular weight excluding hydrogens is 888 g/mol. The van der Waals surface area contributed by atoms with E-state index in [9.17, 15) is 76.2 Å². The summed E-state index contributed by atoms with van der Waals surface area (Å²) in [6.45, 7) is 0.690. The molecular formula is C23H45N3O24P6. The highest BCUT2D eigenvalue weighted by molar-refractivity contribution is 7.72. The molecule has 0 spiro atoms. The van der Waals surface area contributed by atoms with Gasteiger partial charge in [-0.1, -0.05) is 25.3 Å². The minimum Gasteiger partial charge on any atom is -0.390 e. The first kappa shape index (κ1) is 51.2. The van der Waals surface area contributed by atoms with Gasteiger partial charge in [-0.05, 0) is 39.2 Å². The minimum atomic E-state index is -6.47. The number of ether oxygens (including phenoxy) is 1. The number of carbonyl (C=O) groups excluding carboxylic acids is 3. The van der Waals surface area contributed by atoms with Crippen LogP contribution in [0.5, 0.6) is 0 Å². The Morgan fingerprint density at radius 1 is 0.786 bits per heavy atom. The molecule has 3 amide bonds. The van der Waals surface area contributed by atoms with Crippen LogP contribution >= 0.6 is 46.9 Å². The largest absolute Gasteiger partial charge is 0.490 e. The van der Waals surface area contributed by atoms with Crippen molar-refractivity contribution < 1.29 is 112 Å². The number of nitrogens with one attached hydrogen (secondary N) is 2. The van der Waals surface area contributed by atoms with Crippen LogP contribution < -0.4 is 16.4 Å². The fraction of sp³-hybridized carbons (Fsp3) is 0.783. The number of rotatable bonds is 27. The molecule has 2 rings (SSSR count). The predicted octanol–water partition coefficient (Wildman–Crippen LogP) is 1.64. The molecule has 2 aliphatic heterocycles. The van der Waals surface area contributed by atoms with Gasteiger partial charge >= 0.3 is 46.9 Å². The van der Waals surface area contributed by atoms with Gasteiger partial charge in [0.1, 0.15) is 6.10 Å². The van der Waals surface area contributed by atoms with Gasteiger partial charge in [0.05, 0.1) is 31.3 Å². The molecule has 8 unspecified atom stereocenters. The average Bonchev–Trinajstić information content (AvgIpc) is 3.38. The lowest BCUT2D eigenvalue weighted by molar-refractivity contribution is -0.135. The Bertz CT molecular complexity index is 1710. The lowest BCUT2D eigenvalue weighted by atomic mass is 9.93.